The summed E-state index contributed by atoms with van der Waals surface area (Å²) in [7, 11) is 1.63. The molecule has 2 aliphatic heterocycles. The highest BCUT2D eigenvalue weighted by atomic mass is 32.2. The third-order valence-electron chi connectivity index (χ3n) is 5.49. The number of carbonyl (C=O) groups excluding carboxylic acids is 2. The minimum atomic E-state index is -0.159. The Balaban J connectivity index is 1.53. The molecule has 1 N–H and O–H groups in total. The van der Waals surface area contributed by atoms with Gasteiger partial charge in [0.1, 0.15) is 5.75 Å². The smallest absolute Gasteiger partial charge is 0.262 e. The average molecular weight is 423 g/mol. The van der Waals surface area contributed by atoms with E-state index in [9.17, 15) is 9.59 Å². The van der Waals surface area contributed by atoms with E-state index in [2.05, 4.69) is 19.2 Å². The van der Waals surface area contributed by atoms with E-state index in [1.165, 1.54) is 11.8 Å². The molecule has 6 heteroatoms. The van der Waals surface area contributed by atoms with E-state index in [4.69, 9.17) is 4.74 Å². The van der Waals surface area contributed by atoms with Crippen LogP contribution in [0.5, 0.6) is 5.75 Å². The van der Waals surface area contributed by atoms with Crippen LogP contribution in [0.4, 0.5) is 5.69 Å². The van der Waals surface area contributed by atoms with Gasteiger partial charge in [-0.15, -0.1) is 0 Å². The molecule has 1 saturated heterocycles. The number of likely N-dealkylation sites (tertiary alicyclic amines) is 1. The number of amides is 2. The molecule has 2 aromatic carbocycles. The summed E-state index contributed by atoms with van der Waals surface area (Å²) in [5.41, 5.74) is 2.25. The topological polar surface area (TPSA) is 58.6 Å². The number of rotatable bonds is 3. The molecule has 1 fully saturated rings. The zero-order chi connectivity index (χ0) is 21.3. The van der Waals surface area contributed by atoms with Crippen LogP contribution in [0.2, 0.25) is 0 Å². The molecule has 4 rings (SSSR count). The maximum Gasteiger partial charge on any atom is 0.262 e. The van der Waals surface area contributed by atoms with Gasteiger partial charge < -0.3 is 15.0 Å². The van der Waals surface area contributed by atoms with Crippen molar-refractivity contribution >= 4 is 35.3 Å². The van der Waals surface area contributed by atoms with Crippen LogP contribution in [0.1, 0.15) is 36.2 Å². The molecule has 0 radical (unpaired) electrons. The number of ether oxygens (including phenoxy) is 1. The number of carbonyl (C=O) groups is 2. The largest absolute Gasteiger partial charge is 0.497 e. The second-order valence-corrected chi connectivity index (χ2v) is 9.29. The Morgan fingerprint density at radius 2 is 1.83 bits per heavy atom. The molecule has 156 valence electrons. The van der Waals surface area contributed by atoms with Crippen molar-refractivity contribution in [2.75, 3.05) is 25.5 Å². The van der Waals surface area contributed by atoms with Gasteiger partial charge in [0, 0.05) is 23.5 Å². The molecular weight excluding hydrogens is 396 g/mol. The molecule has 0 aromatic heterocycles. The first kappa shape index (κ1) is 20.5. The Morgan fingerprint density at radius 1 is 1.13 bits per heavy atom. The predicted octanol–water partition coefficient (Wildman–Crippen LogP) is 4.90. The summed E-state index contributed by atoms with van der Waals surface area (Å²) in [6, 6.07) is 13.1. The number of benzene rings is 2. The Hall–Kier alpha value is -2.73. The lowest BCUT2D eigenvalue weighted by Crippen LogP contribution is -2.42. The highest BCUT2D eigenvalue weighted by Gasteiger charge is 2.28. The molecule has 2 aliphatic rings. The molecule has 2 unspecified atom stereocenters. The van der Waals surface area contributed by atoms with Crippen molar-refractivity contribution in [1.29, 1.82) is 0 Å². The summed E-state index contributed by atoms with van der Waals surface area (Å²) < 4.78 is 5.18. The number of hydrogen-bond donors (Lipinski definition) is 1. The number of anilines is 1. The van der Waals surface area contributed by atoms with Crippen LogP contribution >= 0.6 is 11.8 Å². The number of piperidine rings is 1. The molecule has 2 amide bonds. The second-order valence-electron chi connectivity index (χ2n) is 8.21. The molecular formula is C24H26N2O3S. The first-order chi connectivity index (χ1) is 14.4. The minimum absolute atomic E-state index is 0.0371. The van der Waals surface area contributed by atoms with Crippen LogP contribution in [0.3, 0.4) is 0 Å². The standard InChI is InChI=1S/C24H26N2O3S/c1-15-10-16(2)14-26(13-15)24(28)18-6-9-21-20(12-18)25-23(27)22(30-21)11-17-4-7-19(29-3)8-5-17/h4-9,11-12,15-16H,10,13-14H2,1-3H3,(H,25,27)/b22-11+. The van der Waals surface area contributed by atoms with Crippen molar-refractivity contribution in [1.82, 2.24) is 4.90 Å². The lowest BCUT2D eigenvalue weighted by molar-refractivity contribution is -0.112. The van der Waals surface area contributed by atoms with E-state index < -0.39 is 0 Å². The molecule has 0 saturated carbocycles. The summed E-state index contributed by atoms with van der Waals surface area (Å²) >= 11 is 1.42. The highest BCUT2D eigenvalue weighted by Crippen LogP contribution is 2.39. The van der Waals surface area contributed by atoms with Crippen molar-refractivity contribution in [2.45, 2.75) is 25.2 Å². The molecule has 0 bridgehead atoms. The van der Waals surface area contributed by atoms with Crippen molar-refractivity contribution in [3.63, 3.8) is 0 Å². The Kier molecular flexibility index (Phi) is 5.86. The van der Waals surface area contributed by atoms with E-state index in [-0.39, 0.29) is 11.8 Å². The van der Waals surface area contributed by atoms with Crippen molar-refractivity contribution in [3.8, 4) is 5.75 Å². The zero-order valence-electron chi connectivity index (χ0n) is 17.5. The van der Waals surface area contributed by atoms with Gasteiger partial charge in [0.25, 0.3) is 11.8 Å². The Morgan fingerprint density at radius 3 is 2.50 bits per heavy atom. The fraction of sp³-hybridized carbons (Fsp3) is 0.333. The summed E-state index contributed by atoms with van der Waals surface area (Å²) in [6.45, 7) is 5.96. The van der Waals surface area contributed by atoms with Gasteiger partial charge in [-0.2, -0.15) is 0 Å². The average Bonchev–Trinajstić information content (AvgIpc) is 2.73. The summed E-state index contributed by atoms with van der Waals surface area (Å²) in [5, 5.41) is 2.95. The van der Waals surface area contributed by atoms with Crippen LogP contribution in [0.15, 0.2) is 52.3 Å². The van der Waals surface area contributed by atoms with Crippen LogP contribution in [0, 0.1) is 11.8 Å². The predicted molar refractivity (Wildman–Crippen MR) is 121 cm³/mol. The number of nitrogens with one attached hydrogen (secondary N) is 1. The number of fused-ring (bicyclic) bond motifs is 1. The maximum absolute atomic E-state index is 13.0. The lowest BCUT2D eigenvalue weighted by atomic mass is 9.91. The van der Waals surface area contributed by atoms with Crippen LogP contribution in [-0.4, -0.2) is 36.9 Å². The van der Waals surface area contributed by atoms with Gasteiger partial charge in [-0.1, -0.05) is 37.7 Å². The van der Waals surface area contributed by atoms with E-state index in [0.717, 1.165) is 35.7 Å². The lowest BCUT2D eigenvalue weighted by Gasteiger charge is -2.35. The highest BCUT2D eigenvalue weighted by molar-refractivity contribution is 8.04. The second kappa shape index (κ2) is 8.56. The van der Waals surface area contributed by atoms with Crippen LogP contribution in [0.25, 0.3) is 6.08 Å². The fourth-order valence-electron chi connectivity index (χ4n) is 4.16. The van der Waals surface area contributed by atoms with E-state index in [0.29, 0.717) is 28.0 Å². The Labute approximate surface area is 181 Å². The molecule has 2 heterocycles. The van der Waals surface area contributed by atoms with Crippen LogP contribution in [-0.2, 0) is 4.79 Å². The van der Waals surface area contributed by atoms with Crippen LogP contribution < -0.4 is 10.1 Å². The van der Waals surface area contributed by atoms with Gasteiger partial charge in [-0.3, -0.25) is 9.59 Å². The zero-order valence-corrected chi connectivity index (χ0v) is 18.3. The monoisotopic (exact) mass is 422 g/mol. The normalized spacial score (nSPS) is 22.4. The summed E-state index contributed by atoms with van der Waals surface area (Å²) in [5.74, 6) is 1.67. The van der Waals surface area contributed by atoms with Gasteiger partial charge in [-0.25, -0.2) is 0 Å². The molecule has 5 nitrogen and oxygen atoms in total. The number of nitrogens with zero attached hydrogens (tertiary/aromatic N) is 1. The molecule has 2 atom stereocenters. The molecule has 30 heavy (non-hydrogen) atoms. The van der Waals surface area contributed by atoms with Gasteiger partial charge in [0.05, 0.1) is 17.7 Å². The first-order valence-corrected chi connectivity index (χ1v) is 11.0. The van der Waals surface area contributed by atoms with Gasteiger partial charge in [0.15, 0.2) is 0 Å². The minimum Gasteiger partial charge on any atom is -0.497 e. The van der Waals surface area contributed by atoms with Crippen molar-refractivity contribution in [2.24, 2.45) is 11.8 Å². The quantitative estimate of drug-likeness (QED) is 0.715. The fourth-order valence-corrected chi connectivity index (χ4v) is 5.09. The number of hydrogen-bond acceptors (Lipinski definition) is 4. The van der Waals surface area contributed by atoms with Gasteiger partial charge in [-0.05, 0) is 60.2 Å². The number of thioether (sulfide) groups is 1. The van der Waals surface area contributed by atoms with E-state index in [1.54, 1.807) is 13.2 Å². The Bertz CT molecular complexity index is 990. The van der Waals surface area contributed by atoms with E-state index in [1.807, 2.05) is 47.4 Å². The summed E-state index contributed by atoms with van der Waals surface area (Å²) in [4.78, 5) is 29.1. The van der Waals surface area contributed by atoms with E-state index >= 15 is 0 Å². The van der Waals surface area contributed by atoms with Crippen molar-refractivity contribution in [3.05, 3.63) is 58.5 Å². The third-order valence-corrected chi connectivity index (χ3v) is 6.59. The van der Waals surface area contributed by atoms with Crippen molar-refractivity contribution < 1.29 is 14.3 Å². The SMILES string of the molecule is COc1ccc(/C=C2/Sc3ccc(C(=O)N4CC(C)CC(C)C4)cc3NC2=O)cc1. The first-order valence-electron chi connectivity index (χ1n) is 10.2. The molecule has 0 aliphatic carbocycles. The summed E-state index contributed by atoms with van der Waals surface area (Å²) in [6.07, 6.45) is 3.02. The van der Waals surface area contributed by atoms with Gasteiger partial charge in [0.2, 0.25) is 0 Å². The maximum atomic E-state index is 13.0. The molecule has 0 spiro atoms. The van der Waals surface area contributed by atoms with Gasteiger partial charge >= 0.3 is 0 Å². The molecule has 2 aromatic rings. The number of methoxy groups -OCH3 is 1. The third kappa shape index (κ3) is 4.38.